The van der Waals surface area contributed by atoms with Crippen LogP contribution in [0.4, 0.5) is 0 Å². The SMILES string of the molecule is CCC1CCCC(C(O)C2(OC)CCCC(C)C2)C1. The molecule has 2 saturated carbocycles. The van der Waals surface area contributed by atoms with Gasteiger partial charge in [0.15, 0.2) is 0 Å². The Kier molecular flexibility index (Phi) is 5.30. The van der Waals surface area contributed by atoms with Crippen LogP contribution in [0.15, 0.2) is 0 Å². The summed E-state index contributed by atoms with van der Waals surface area (Å²) in [5, 5.41) is 11.0. The molecule has 0 heterocycles. The number of hydrogen-bond acceptors (Lipinski definition) is 2. The maximum absolute atomic E-state index is 11.0. The zero-order valence-corrected chi connectivity index (χ0v) is 13.0. The van der Waals surface area contributed by atoms with Crippen molar-refractivity contribution in [2.75, 3.05) is 7.11 Å². The average molecular weight is 268 g/mol. The summed E-state index contributed by atoms with van der Waals surface area (Å²) >= 11 is 0. The minimum Gasteiger partial charge on any atom is -0.390 e. The van der Waals surface area contributed by atoms with Crippen molar-refractivity contribution < 1.29 is 9.84 Å². The molecule has 2 aliphatic carbocycles. The van der Waals surface area contributed by atoms with Crippen LogP contribution in [0.3, 0.4) is 0 Å². The van der Waals surface area contributed by atoms with Gasteiger partial charge in [-0.15, -0.1) is 0 Å². The average Bonchev–Trinajstić information content (AvgIpc) is 2.46. The quantitative estimate of drug-likeness (QED) is 0.829. The molecule has 0 radical (unpaired) electrons. The maximum Gasteiger partial charge on any atom is 0.0941 e. The van der Waals surface area contributed by atoms with Crippen LogP contribution >= 0.6 is 0 Å². The molecule has 5 atom stereocenters. The highest BCUT2D eigenvalue weighted by Crippen LogP contribution is 2.43. The zero-order chi connectivity index (χ0) is 13.9. The van der Waals surface area contributed by atoms with Crippen molar-refractivity contribution in [1.29, 1.82) is 0 Å². The number of methoxy groups -OCH3 is 1. The molecule has 0 aromatic heterocycles. The van der Waals surface area contributed by atoms with Gasteiger partial charge in [-0.05, 0) is 43.4 Å². The van der Waals surface area contributed by atoms with E-state index in [2.05, 4.69) is 13.8 Å². The summed E-state index contributed by atoms with van der Waals surface area (Å²) in [7, 11) is 1.81. The number of rotatable bonds is 4. The van der Waals surface area contributed by atoms with E-state index in [0.29, 0.717) is 11.8 Å². The first-order valence-corrected chi connectivity index (χ1v) is 8.34. The largest absolute Gasteiger partial charge is 0.390 e. The fourth-order valence-electron chi connectivity index (χ4n) is 4.54. The Labute approximate surface area is 118 Å². The van der Waals surface area contributed by atoms with E-state index in [-0.39, 0.29) is 11.7 Å². The molecule has 5 unspecified atom stereocenters. The fraction of sp³-hybridized carbons (Fsp3) is 1.00. The van der Waals surface area contributed by atoms with Crippen LogP contribution in [-0.2, 0) is 4.74 Å². The molecule has 2 rings (SSSR count). The van der Waals surface area contributed by atoms with Gasteiger partial charge in [-0.2, -0.15) is 0 Å². The van der Waals surface area contributed by atoms with E-state index >= 15 is 0 Å². The molecule has 0 aromatic rings. The molecule has 0 bridgehead atoms. The van der Waals surface area contributed by atoms with Crippen molar-refractivity contribution >= 4 is 0 Å². The van der Waals surface area contributed by atoms with Gasteiger partial charge in [0.05, 0.1) is 11.7 Å². The van der Waals surface area contributed by atoms with E-state index in [9.17, 15) is 5.11 Å². The molecule has 0 aliphatic heterocycles. The highest BCUT2D eigenvalue weighted by Gasteiger charge is 2.45. The topological polar surface area (TPSA) is 29.5 Å². The van der Waals surface area contributed by atoms with Crippen LogP contribution in [0.5, 0.6) is 0 Å². The molecule has 0 saturated heterocycles. The summed E-state index contributed by atoms with van der Waals surface area (Å²) < 4.78 is 5.88. The van der Waals surface area contributed by atoms with Gasteiger partial charge < -0.3 is 9.84 Å². The van der Waals surface area contributed by atoms with E-state index in [4.69, 9.17) is 4.74 Å². The van der Waals surface area contributed by atoms with Gasteiger partial charge in [0.2, 0.25) is 0 Å². The van der Waals surface area contributed by atoms with Crippen molar-refractivity contribution in [1.82, 2.24) is 0 Å². The van der Waals surface area contributed by atoms with Gasteiger partial charge in [-0.1, -0.05) is 46.0 Å². The Morgan fingerprint density at radius 3 is 2.68 bits per heavy atom. The normalized spacial score (nSPS) is 42.0. The standard InChI is InChI=1S/C17H32O2/c1-4-14-8-5-9-15(11-14)16(18)17(19-3)10-6-7-13(2)12-17/h13-16,18H,4-12H2,1-3H3. The van der Waals surface area contributed by atoms with E-state index in [1.807, 2.05) is 0 Å². The molecule has 2 aliphatic rings. The summed E-state index contributed by atoms with van der Waals surface area (Å²) in [6.45, 7) is 4.59. The molecular weight excluding hydrogens is 236 g/mol. The Balaban J connectivity index is 2.04. The van der Waals surface area contributed by atoms with Crippen molar-refractivity contribution in [3.8, 4) is 0 Å². The highest BCUT2D eigenvalue weighted by molar-refractivity contribution is 4.97. The van der Waals surface area contributed by atoms with Gasteiger partial charge in [-0.25, -0.2) is 0 Å². The predicted molar refractivity (Wildman–Crippen MR) is 79.1 cm³/mol. The Bertz CT molecular complexity index is 278. The molecule has 0 spiro atoms. The van der Waals surface area contributed by atoms with Crippen LogP contribution in [-0.4, -0.2) is 23.9 Å². The van der Waals surface area contributed by atoms with Gasteiger partial charge in [-0.3, -0.25) is 0 Å². The monoisotopic (exact) mass is 268 g/mol. The fourth-order valence-corrected chi connectivity index (χ4v) is 4.54. The number of ether oxygens (including phenoxy) is 1. The minimum atomic E-state index is -0.255. The molecule has 0 aromatic carbocycles. The van der Waals surface area contributed by atoms with Crippen LogP contribution in [0.25, 0.3) is 0 Å². The number of aliphatic hydroxyl groups is 1. The second-order valence-corrected chi connectivity index (χ2v) is 7.12. The summed E-state index contributed by atoms with van der Waals surface area (Å²) in [4.78, 5) is 0. The molecule has 2 heteroatoms. The summed E-state index contributed by atoms with van der Waals surface area (Å²) in [5.74, 6) is 1.97. The smallest absolute Gasteiger partial charge is 0.0941 e. The lowest BCUT2D eigenvalue weighted by Crippen LogP contribution is -2.51. The third-order valence-electron chi connectivity index (χ3n) is 5.78. The first-order valence-electron chi connectivity index (χ1n) is 8.34. The molecule has 0 amide bonds. The third-order valence-corrected chi connectivity index (χ3v) is 5.78. The van der Waals surface area contributed by atoms with E-state index in [1.165, 1.54) is 44.9 Å². The van der Waals surface area contributed by atoms with Crippen LogP contribution in [0.2, 0.25) is 0 Å². The molecule has 2 fully saturated rings. The van der Waals surface area contributed by atoms with Gasteiger partial charge in [0.1, 0.15) is 0 Å². The maximum atomic E-state index is 11.0. The first-order chi connectivity index (χ1) is 9.11. The summed E-state index contributed by atoms with van der Waals surface area (Å²) in [6.07, 6.45) is 10.6. The minimum absolute atomic E-state index is 0.252. The third kappa shape index (κ3) is 3.33. The first kappa shape index (κ1) is 15.3. The van der Waals surface area contributed by atoms with Gasteiger partial charge in [0, 0.05) is 7.11 Å². The molecular formula is C17H32O2. The van der Waals surface area contributed by atoms with Crippen LogP contribution < -0.4 is 0 Å². The van der Waals surface area contributed by atoms with Crippen molar-refractivity contribution in [3.05, 3.63) is 0 Å². The summed E-state index contributed by atoms with van der Waals surface area (Å²) in [5.41, 5.74) is -0.252. The van der Waals surface area contributed by atoms with E-state index in [1.54, 1.807) is 7.11 Å². The zero-order valence-electron chi connectivity index (χ0n) is 13.0. The predicted octanol–water partition coefficient (Wildman–Crippen LogP) is 4.16. The Hall–Kier alpha value is -0.0800. The lowest BCUT2D eigenvalue weighted by Gasteiger charge is -2.46. The van der Waals surface area contributed by atoms with E-state index in [0.717, 1.165) is 18.8 Å². The van der Waals surface area contributed by atoms with Crippen molar-refractivity contribution in [2.45, 2.75) is 83.3 Å². The van der Waals surface area contributed by atoms with E-state index < -0.39 is 0 Å². The molecule has 112 valence electrons. The summed E-state index contributed by atoms with van der Waals surface area (Å²) in [6, 6.07) is 0. The van der Waals surface area contributed by atoms with Crippen LogP contribution in [0.1, 0.15) is 71.6 Å². The lowest BCUT2D eigenvalue weighted by atomic mass is 9.68. The molecule has 2 nitrogen and oxygen atoms in total. The van der Waals surface area contributed by atoms with Gasteiger partial charge >= 0.3 is 0 Å². The Morgan fingerprint density at radius 1 is 1.26 bits per heavy atom. The lowest BCUT2D eigenvalue weighted by molar-refractivity contribution is -0.156. The van der Waals surface area contributed by atoms with Gasteiger partial charge in [0.25, 0.3) is 0 Å². The van der Waals surface area contributed by atoms with Crippen molar-refractivity contribution in [3.63, 3.8) is 0 Å². The number of aliphatic hydroxyl groups excluding tert-OH is 1. The second kappa shape index (κ2) is 6.58. The highest BCUT2D eigenvalue weighted by atomic mass is 16.5. The Morgan fingerprint density at radius 2 is 2.05 bits per heavy atom. The second-order valence-electron chi connectivity index (χ2n) is 7.12. The molecule has 19 heavy (non-hydrogen) atoms. The van der Waals surface area contributed by atoms with Crippen LogP contribution in [0, 0.1) is 17.8 Å². The number of hydrogen-bond donors (Lipinski definition) is 1. The van der Waals surface area contributed by atoms with Crippen molar-refractivity contribution in [2.24, 2.45) is 17.8 Å². The molecule has 1 N–H and O–H groups in total.